The Morgan fingerprint density at radius 3 is 2.78 bits per heavy atom. The minimum atomic E-state index is 0.167. The molecule has 1 rings (SSSR count). The molecule has 0 aromatic heterocycles. The highest BCUT2D eigenvalue weighted by Gasteiger charge is 2.06. The van der Waals surface area contributed by atoms with Gasteiger partial charge in [0, 0.05) is 37.2 Å². The van der Waals surface area contributed by atoms with E-state index in [0.717, 1.165) is 22.8 Å². The van der Waals surface area contributed by atoms with Gasteiger partial charge in [-0.05, 0) is 24.3 Å². The summed E-state index contributed by atoms with van der Waals surface area (Å²) in [7, 11) is 5.19. The molecule has 0 saturated carbocycles. The molecule has 0 fully saturated rings. The number of nitrogens with two attached hydrogens (primary N) is 1. The molecule has 5 heteroatoms. The Bertz CT molecular complexity index is 408. The zero-order valence-electron chi connectivity index (χ0n) is 11.1. The normalized spacial score (nSPS) is 10.2. The van der Waals surface area contributed by atoms with Gasteiger partial charge >= 0.3 is 0 Å². The molecule has 4 nitrogen and oxygen atoms in total. The van der Waals surface area contributed by atoms with E-state index >= 15 is 0 Å². The number of hydrogen-bond donors (Lipinski definition) is 1. The van der Waals surface area contributed by atoms with E-state index in [9.17, 15) is 4.79 Å². The Balaban J connectivity index is 2.42. The van der Waals surface area contributed by atoms with Crippen molar-refractivity contribution in [2.45, 2.75) is 17.7 Å². The van der Waals surface area contributed by atoms with Gasteiger partial charge in [0.2, 0.25) is 5.91 Å². The fourth-order valence-electron chi connectivity index (χ4n) is 1.43. The van der Waals surface area contributed by atoms with Gasteiger partial charge in [0.1, 0.15) is 5.75 Å². The average molecular weight is 268 g/mol. The largest absolute Gasteiger partial charge is 0.496 e. The Morgan fingerprint density at radius 2 is 2.17 bits per heavy atom. The van der Waals surface area contributed by atoms with E-state index in [1.54, 1.807) is 37.9 Å². The van der Waals surface area contributed by atoms with Crippen molar-refractivity contribution in [3.63, 3.8) is 0 Å². The van der Waals surface area contributed by atoms with Crippen LogP contribution in [0.15, 0.2) is 23.1 Å². The van der Waals surface area contributed by atoms with Gasteiger partial charge in [-0.15, -0.1) is 11.8 Å². The summed E-state index contributed by atoms with van der Waals surface area (Å²) in [6, 6.07) is 5.62. The first-order chi connectivity index (χ1) is 8.54. The average Bonchev–Trinajstić information content (AvgIpc) is 2.35. The lowest BCUT2D eigenvalue weighted by atomic mass is 10.3. The van der Waals surface area contributed by atoms with Gasteiger partial charge in [-0.25, -0.2) is 0 Å². The van der Waals surface area contributed by atoms with Crippen LogP contribution in [-0.4, -0.2) is 37.8 Å². The highest BCUT2D eigenvalue weighted by Crippen LogP contribution is 2.31. The summed E-state index contributed by atoms with van der Waals surface area (Å²) in [5.74, 6) is 1.85. The van der Waals surface area contributed by atoms with Crippen molar-refractivity contribution in [2.24, 2.45) is 0 Å². The van der Waals surface area contributed by atoms with Crippen molar-refractivity contribution < 1.29 is 9.53 Å². The topological polar surface area (TPSA) is 55.6 Å². The van der Waals surface area contributed by atoms with Gasteiger partial charge in [-0.1, -0.05) is 0 Å². The predicted molar refractivity (Wildman–Crippen MR) is 76.1 cm³/mol. The van der Waals surface area contributed by atoms with Crippen LogP contribution in [0.25, 0.3) is 0 Å². The first-order valence-corrected chi connectivity index (χ1v) is 6.79. The molecule has 2 N–H and O–H groups in total. The Hall–Kier alpha value is -1.36. The number of nitrogen functional groups attached to an aromatic ring is 1. The third-order valence-electron chi connectivity index (χ3n) is 2.48. The van der Waals surface area contributed by atoms with Crippen molar-refractivity contribution in [3.05, 3.63) is 18.2 Å². The number of nitrogens with zero attached hydrogens (tertiary/aromatic N) is 1. The summed E-state index contributed by atoms with van der Waals surface area (Å²) >= 11 is 1.68. The van der Waals surface area contributed by atoms with Crippen LogP contribution in [0.3, 0.4) is 0 Å². The quantitative estimate of drug-likeness (QED) is 0.488. The second-order valence-corrected chi connectivity index (χ2v) is 5.29. The number of carbonyl (C=O) groups excluding carboxylic acids is 1. The van der Waals surface area contributed by atoms with Gasteiger partial charge in [-0.2, -0.15) is 0 Å². The van der Waals surface area contributed by atoms with Gasteiger partial charge in [0.15, 0.2) is 0 Å². The fraction of sp³-hybridized carbons (Fsp3) is 0.462. The molecule has 1 aromatic carbocycles. The van der Waals surface area contributed by atoms with Crippen LogP contribution in [0.4, 0.5) is 5.69 Å². The molecule has 0 atom stereocenters. The number of rotatable bonds is 6. The molecule has 1 amide bonds. The van der Waals surface area contributed by atoms with Crippen molar-refractivity contribution in [1.82, 2.24) is 4.90 Å². The highest BCUT2D eigenvalue weighted by atomic mass is 32.2. The van der Waals surface area contributed by atoms with Gasteiger partial charge in [0.25, 0.3) is 0 Å². The van der Waals surface area contributed by atoms with E-state index in [1.807, 2.05) is 18.2 Å². The molecule has 0 bridgehead atoms. The molecule has 0 heterocycles. The summed E-state index contributed by atoms with van der Waals surface area (Å²) in [4.78, 5) is 14.1. The lowest BCUT2D eigenvalue weighted by Crippen LogP contribution is -2.21. The Kier molecular flexibility index (Phi) is 5.85. The Labute approximate surface area is 112 Å². The molecule has 18 heavy (non-hydrogen) atoms. The van der Waals surface area contributed by atoms with E-state index < -0.39 is 0 Å². The molecule has 1 aromatic rings. The summed E-state index contributed by atoms with van der Waals surface area (Å²) in [5.41, 5.74) is 6.38. The zero-order chi connectivity index (χ0) is 13.5. The third-order valence-corrected chi connectivity index (χ3v) is 3.62. The molecular formula is C13H20N2O2S. The second-order valence-electron chi connectivity index (χ2n) is 4.15. The van der Waals surface area contributed by atoms with Crippen molar-refractivity contribution >= 4 is 23.4 Å². The number of anilines is 1. The van der Waals surface area contributed by atoms with Crippen molar-refractivity contribution in [2.75, 3.05) is 32.7 Å². The predicted octanol–water partition coefficient (Wildman–Crippen LogP) is 2.24. The van der Waals surface area contributed by atoms with Crippen molar-refractivity contribution in [1.29, 1.82) is 0 Å². The molecule has 0 saturated heterocycles. The molecule has 0 aliphatic heterocycles. The number of amides is 1. The molecule has 0 unspecified atom stereocenters. The standard InChI is InChI=1S/C13H20N2O2S/c1-15(2)13(16)5-4-8-18-12-7-6-10(14)9-11(12)17-3/h6-7,9H,4-5,8,14H2,1-3H3. The van der Waals surface area contributed by atoms with Crippen LogP contribution < -0.4 is 10.5 Å². The van der Waals surface area contributed by atoms with Gasteiger partial charge in [-0.3, -0.25) is 4.79 Å². The number of methoxy groups -OCH3 is 1. The first-order valence-electron chi connectivity index (χ1n) is 5.81. The number of ether oxygens (including phenoxy) is 1. The van der Waals surface area contributed by atoms with E-state index in [1.165, 1.54) is 0 Å². The maximum Gasteiger partial charge on any atom is 0.222 e. The summed E-state index contributed by atoms with van der Waals surface area (Å²) in [5, 5.41) is 0. The van der Waals surface area contributed by atoms with E-state index in [0.29, 0.717) is 12.1 Å². The van der Waals surface area contributed by atoms with Crippen molar-refractivity contribution in [3.8, 4) is 5.75 Å². The van der Waals surface area contributed by atoms with E-state index in [2.05, 4.69) is 0 Å². The monoisotopic (exact) mass is 268 g/mol. The third kappa shape index (κ3) is 4.49. The lowest BCUT2D eigenvalue weighted by molar-refractivity contribution is -0.128. The number of carbonyl (C=O) groups is 1. The molecule has 0 aliphatic rings. The van der Waals surface area contributed by atoms with Crippen LogP contribution in [0.5, 0.6) is 5.75 Å². The van der Waals surface area contributed by atoms with Crippen LogP contribution in [0.1, 0.15) is 12.8 Å². The second kappa shape index (κ2) is 7.16. The minimum Gasteiger partial charge on any atom is -0.496 e. The van der Waals surface area contributed by atoms with Gasteiger partial charge < -0.3 is 15.4 Å². The highest BCUT2D eigenvalue weighted by molar-refractivity contribution is 7.99. The fourth-order valence-corrected chi connectivity index (χ4v) is 2.39. The van der Waals surface area contributed by atoms with E-state index in [4.69, 9.17) is 10.5 Å². The van der Waals surface area contributed by atoms with E-state index in [-0.39, 0.29) is 5.91 Å². The number of thioether (sulfide) groups is 1. The number of hydrogen-bond acceptors (Lipinski definition) is 4. The molecule has 0 aliphatic carbocycles. The summed E-state index contributed by atoms with van der Waals surface area (Å²) in [6.45, 7) is 0. The SMILES string of the molecule is COc1cc(N)ccc1SCCCC(=O)N(C)C. The molecular weight excluding hydrogens is 248 g/mol. The molecule has 100 valence electrons. The van der Waals surface area contributed by atoms with Crippen LogP contribution in [0, 0.1) is 0 Å². The summed E-state index contributed by atoms with van der Waals surface area (Å²) in [6.07, 6.45) is 1.44. The molecule has 0 spiro atoms. The minimum absolute atomic E-state index is 0.167. The first kappa shape index (κ1) is 14.7. The van der Waals surface area contributed by atoms with Crippen LogP contribution in [-0.2, 0) is 4.79 Å². The maximum atomic E-state index is 11.4. The molecule has 0 radical (unpaired) electrons. The van der Waals surface area contributed by atoms with Crippen LogP contribution >= 0.6 is 11.8 Å². The smallest absolute Gasteiger partial charge is 0.222 e. The van der Waals surface area contributed by atoms with Gasteiger partial charge in [0.05, 0.1) is 7.11 Å². The zero-order valence-corrected chi connectivity index (χ0v) is 11.9. The summed E-state index contributed by atoms with van der Waals surface area (Å²) < 4.78 is 5.27. The number of benzene rings is 1. The lowest BCUT2D eigenvalue weighted by Gasteiger charge is -2.11. The van der Waals surface area contributed by atoms with Crippen LogP contribution in [0.2, 0.25) is 0 Å². The maximum absolute atomic E-state index is 11.4. The Morgan fingerprint density at radius 1 is 1.44 bits per heavy atom.